The van der Waals surface area contributed by atoms with E-state index in [-0.39, 0.29) is 11.8 Å². The molecule has 1 fully saturated rings. The number of hydrogen-bond acceptors (Lipinski definition) is 3. The van der Waals surface area contributed by atoms with Gasteiger partial charge in [-0.1, -0.05) is 17.7 Å². The first-order chi connectivity index (χ1) is 9.11. The van der Waals surface area contributed by atoms with Gasteiger partial charge in [0.25, 0.3) is 0 Å². The molecule has 19 heavy (non-hydrogen) atoms. The van der Waals surface area contributed by atoms with Gasteiger partial charge < -0.3 is 10.8 Å². The smallest absolute Gasteiger partial charge is 0.139 e. The van der Waals surface area contributed by atoms with Crippen LogP contribution >= 0.6 is 11.6 Å². The molecular weight excluding hydrogens is 260 g/mol. The lowest BCUT2D eigenvalue weighted by molar-refractivity contribution is 0.305. The minimum Gasteiger partial charge on any atom is -0.506 e. The number of phenolic OH excluding ortho intramolecular Hbond substituents is 1. The average molecular weight is 281 g/mol. The molecular formula is C15H21ClN2O. The minimum atomic E-state index is 0.247. The number of aromatic hydroxyl groups is 1. The van der Waals surface area contributed by atoms with Gasteiger partial charge in [0.05, 0.1) is 5.02 Å². The summed E-state index contributed by atoms with van der Waals surface area (Å²) in [7, 11) is 2.10. The molecule has 1 saturated heterocycles. The Balaban J connectivity index is 2.00. The fraction of sp³-hybridized carbons (Fsp3) is 0.600. The van der Waals surface area contributed by atoms with Gasteiger partial charge in [-0.15, -0.1) is 0 Å². The molecule has 0 radical (unpaired) electrons. The van der Waals surface area contributed by atoms with Gasteiger partial charge in [-0.2, -0.15) is 0 Å². The summed E-state index contributed by atoms with van der Waals surface area (Å²) < 4.78 is 0. The Hall–Kier alpha value is -0.770. The molecule has 1 aliphatic carbocycles. The molecule has 1 heterocycles. The van der Waals surface area contributed by atoms with Crippen LogP contribution in [0, 0.1) is 5.92 Å². The fourth-order valence-corrected chi connectivity index (χ4v) is 3.92. The molecule has 3 rings (SSSR count). The molecule has 3 nitrogen and oxygen atoms in total. The lowest BCUT2D eigenvalue weighted by atomic mass is 9.95. The number of hydrogen-bond donors (Lipinski definition) is 2. The summed E-state index contributed by atoms with van der Waals surface area (Å²) in [5.41, 5.74) is 9.24. The van der Waals surface area contributed by atoms with Crippen LogP contribution in [-0.2, 0) is 12.8 Å². The van der Waals surface area contributed by atoms with Gasteiger partial charge in [0.1, 0.15) is 5.75 Å². The van der Waals surface area contributed by atoms with Crippen LogP contribution in [-0.4, -0.2) is 30.1 Å². The molecule has 1 aromatic carbocycles. The molecule has 104 valence electrons. The van der Waals surface area contributed by atoms with Crippen LogP contribution in [0.15, 0.2) is 6.07 Å². The van der Waals surface area contributed by atoms with Crippen LogP contribution in [0.2, 0.25) is 5.02 Å². The zero-order chi connectivity index (χ0) is 13.6. The van der Waals surface area contributed by atoms with E-state index in [1.165, 1.54) is 5.56 Å². The van der Waals surface area contributed by atoms with E-state index in [2.05, 4.69) is 18.0 Å². The summed E-state index contributed by atoms with van der Waals surface area (Å²) in [6.45, 7) is 1.70. The largest absolute Gasteiger partial charge is 0.506 e. The third kappa shape index (κ3) is 2.14. The van der Waals surface area contributed by atoms with Gasteiger partial charge in [-0.05, 0) is 56.3 Å². The van der Waals surface area contributed by atoms with Crippen molar-refractivity contribution in [3.63, 3.8) is 0 Å². The summed E-state index contributed by atoms with van der Waals surface area (Å²) in [6.07, 6.45) is 4.23. The van der Waals surface area contributed by atoms with Crippen LogP contribution in [0.3, 0.4) is 0 Å². The van der Waals surface area contributed by atoms with Crippen molar-refractivity contribution >= 4 is 11.6 Å². The minimum absolute atomic E-state index is 0.247. The van der Waals surface area contributed by atoms with E-state index in [1.807, 2.05) is 0 Å². The Kier molecular flexibility index (Phi) is 3.46. The van der Waals surface area contributed by atoms with Crippen LogP contribution in [0.25, 0.3) is 0 Å². The molecule has 2 unspecified atom stereocenters. The first-order valence-corrected chi connectivity index (χ1v) is 7.43. The molecule has 0 aromatic heterocycles. The molecule has 1 aromatic rings. The number of rotatable bonds is 2. The van der Waals surface area contributed by atoms with Crippen molar-refractivity contribution < 1.29 is 5.11 Å². The first kappa shape index (κ1) is 13.2. The zero-order valence-electron chi connectivity index (χ0n) is 11.3. The Morgan fingerprint density at radius 3 is 2.95 bits per heavy atom. The van der Waals surface area contributed by atoms with E-state index >= 15 is 0 Å². The van der Waals surface area contributed by atoms with Gasteiger partial charge in [0.15, 0.2) is 0 Å². The summed E-state index contributed by atoms with van der Waals surface area (Å²) in [6, 6.07) is 2.42. The van der Waals surface area contributed by atoms with Gasteiger partial charge in [0, 0.05) is 18.2 Å². The maximum atomic E-state index is 10.4. The molecule has 4 heteroatoms. The van der Waals surface area contributed by atoms with Crippen molar-refractivity contribution in [2.75, 3.05) is 20.1 Å². The quantitative estimate of drug-likeness (QED) is 0.875. The van der Waals surface area contributed by atoms with Crippen LogP contribution in [0.4, 0.5) is 0 Å². The summed E-state index contributed by atoms with van der Waals surface area (Å²) >= 11 is 6.35. The lowest BCUT2D eigenvalue weighted by Crippen LogP contribution is -2.20. The highest BCUT2D eigenvalue weighted by atomic mass is 35.5. The van der Waals surface area contributed by atoms with E-state index in [4.69, 9.17) is 17.3 Å². The van der Waals surface area contributed by atoms with Crippen molar-refractivity contribution in [1.82, 2.24) is 4.90 Å². The number of aryl methyl sites for hydroxylation is 1. The molecule has 3 N–H and O–H groups in total. The number of halogens is 1. The van der Waals surface area contributed by atoms with Crippen molar-refractivity contribution in [3.05, 3.63) is 27.8 Å². The number of likely N-dealkylation sites (tertiary alicyclic amines) is 1. The molecule has 0 saturated carbocycles. The Morgan fingerprint density at radius 2 is 2.26 bits per heavy atom. The SMILES string of the molecule is CN1CC(CN)CC1c1cc2c(c(Cl)c1O)CCC2. The number of fused-ring (bicyclic) bond motifs is 1. The molecule has 0 bridgehead atoms. The van der Waals surface area contributed by atoms with Crippen molar-refractivity contribution in [2.45, 2.75) is 31.7 Å². The Labute approximate surface area is 119 Å². The van der Waals surface area contributed by atoms with Gasteiger partial charge in [-0.3, -0.25) is 4.90 Å². The second-order valence-electron chi connectivity index (χ2n) is 5.91. The summed E-state index contributed by atoms with van der Waals surface area (Å²) in [5.74, 6) is 0.804. The van der Waals surface area contributed by atoms with Crippen molar-refractivity contribution in [1.29, 1.82) is 0 Å². The van der Waals surface area contributed by atoms with Crippen LogP contribution in [0.1, 0.15) is 35.6 Å². The molecule has 2 aliphatic rings. The van der Waals surface area contributed by atoms with Crippen LogP contribution in [0.5, 0.6) is 5.75 Å². The zero-order valence-corrected chi connectivity index (χ0v) is 12.1. The maximum Gasteiger partial charge on any atom is 0.139 e. The maximum absolute atomic E-state index is 10.4. The van der Waals surface area contributed by atoms with Crippen molar-refractivity contribution in [3.8, 4) is 5.75 Å². The number of phenols is 1. The van der Waals surface area contributed by atoms with E-state index in [0.717, 1.165) is 43.4 Å². The van der Waals surface area contributed by atoms with E-state index in [1.54, 1.807) is 0 Å². The standard InChI is InChI=1S/C15H21ClN2O/c1-18-8-9(7-17)5-13(18)12-6-10-3-2-4-11(10)14(16)15(12)19/h6,9,13,19H,2-5,7-8,17H2,1H3. The number of nitrogens with zero attached hydrogens (tertiary/aromatic N) is 1. The van der Waals surface area contributed by atoms with Gasteiger partial charge in [-0.25, -0.2) is 0 Å². The predicted octanol–water partition coefficient (Wildman–Crippen LogP) is 2.49. The van der Waals surface area contributed by atoms with Crippen LogP contribution < -0.4 is 5.73 Å². The Bertz CT molecular complexity index is 503. The average Bonchev–Trinajstić information content (AvgIpc) is 3.00. The molecule has 1 aliphatic heterocycles. The lowest BCUT2D eigenvalue weighted by Gasteiger charge is -2.22. The van der Waals surface area contributed by atoms with E-state index in [0.29, 0.717) is 17.5 Å². The highest BCUT2D eigenvalue weighted by molar-refractivity contribution is 6.33. The Morgan fingerprint density at radius 1 is 1.47 bits per heavy atom. The van der Waals surface area contributed by atoms with E-state index < -0.39 is 0 Å². The molecule has 2 atom stereocenters. The second-order valence-corrected chi connectivity index (χ2v) is 6.29. The van der Waals surface area contributed by atoms with Gasteiger partial charge >= 0.3 is 0 Å². The highest BCUT2D eigenvalue weighted by Crippen LogP contribution is 2.44. The van der Waals surface area contributed by atoms with Crippen molar-refractivity contribution in [2.24, 2.45) is 11.7 Å². The predicted molar refractivity (Wildman–Crippen MR) is 77.7 cm³/mol. The first-order valence-electron chi connectivity index (χ1n) is 7.05. The monoisotopic (exact) mass is 280 g/mol. The third-order valence-corrected chi connectivity index (χ3v) is 5.07. The second kappa shape index (κ2) is 4.97. The molecule has 0 spiro atoms. The summed E-state index contributed by atoms with van der Waals surface area (Å²) in [4.78, 5) is 2.28. The highest BCUT2D eigenvalue weighted by Gasteiger charge is 2.33. The van der Waals surface area contributed by atoms with E-state index in [9.17, 15) is 5.11 Å². The topological polar surface area (TPSA) is 49.5 Å². The third-order valence-electron chi connectivity index (χ3n) is 4.66. The normalized spacial score (nSPS) is 26.9. The number of nitrogens with two attached hydrogens (primary N) is 1. The summed E-state index contributed by atoms with van der Waals surface area (Å²) in [5, 5.41) is 11.0. The fourth-order valence-electron chi connectivity index (χ4n) is 3.60. The molecule has 0 amide bonds. The van der Waals surface area contributed by atoms with Gasteiger partial charge in [0.2, 0.25) is 0 Å². The number of benzene rings is 1.